The summed E-state index contributed by atoms with van der Waals surface area (Å²) in [6, 6.07) is 0. The van der Waals surface area contributed by atoms with Crippen molar-refractivity contribution in [3.63, 3.8) is 0 Å². The zero-order valence-electron chi connectivity index (χ0n) is 12.1. The maximum absolute atomic E-state index is 12.5. The lowest BCUT2D eigenvalue weighted by molar-refractivity contribution is 0.0759. The lowest BCUT2D eigenvalue weighted by atomic mass is 9.89. The molecular formula is C14H24N4O. The minimum atomic E-state index is 0.0214. The second-order valence-electron chi connectivity index (χ2n) is 5.84. The molecule has 5 nitrogen and oxygen atoms in total. The number of hydrogen-bond donors (Lipinski definition) is 2. The third kappa shape index (κ3) is 2.91. The Morgan fingerprint density at radius 3 is 2.74 bits per heavy atom. The number of carbonyl (C=O) groups excluding carboxylic acids is 1. The third-order valence-corrected chi connectivity index (χ3v) is 4.19. The summed E-state index contributed by atoms with van der Waals surface area (Å²) in [5.41, 5.74) is 7.07. The number of anilines is 1. The topological polar surface area (TPSA) is 75.0 Å². The van der Waals surface area contributed by atoms with Crippen LogP contribution in [0.3, 0.4) is 0 Å². The third-order valence-electron chi connectivity index (χ3n) is 4.19. The van der Waals surface area contributed by atoms with E-state index in [1.54, 1.807) is 0 Å². The molecule has 2 heterocycles. The number of nitrogens with one attached hydrogen (secondary N) is 1. The molecule has 1 amide bonds. The zero-order valence-corrected chi connectivity index (χ0v) is 12.1. The summed E-state index contributed by atoms with van der Waals surface area (Å²) in [7, 11) is 0. The number of amides is 1. The molecule has 1 unspecified atom stereocenters. The predicted molar refractivity (Wildman–Crippen MR) is 75.8 cm³/mol. The fourth-order valence-electron chi connectivity index (χ4n) is 2.87. The number of hydrogen-bond acceptors (Lipinski definition) is 3. The molecule has 106 valence electrons. The van der Waals surface area contributed by atoms with Gasteiger partial charge in [-0.25, -0.2) is 0 Å². The van der Waals surface area contributed by atoms with Gasteiger partial charge in [-0.3, -0.25) is 9.89 Å². The van der Waals surface area contributed by atoms with Gasteiger partial charge < -0.3 is 10.6 Å². The molecule has 0 aromatic carbocycles. The molecule has 1 saturated heterocycles. The summed E-state index contributed by atoms with van der Waals surface area (Å²) < 4.78 is 0. The lowest BCUT2D eigenvalue weighted by Gasteiger charge is -2.21. The van der Waals surface area contributed by atoms with Gasteiger partial charge in [0.1, 0.15) is 5.56 Å². The average Bonchev–Trinajstić information content (AvgIpc) is 2.58. The van der Waals surface area contributed by atoms with Crippen LogP contribution in [0, 0.1) is 18.8 Å². The number of carbonyl (C=O) groups is 1. The molecule has 1 fully saturated rings. The smallest absolute Gasteiger partial charge is 0.259 e. The van der Waals surface area contributed by atoms with Crippen molar-refractivity contribution in [1.82, 2.24) is 15.1 Å². The standard InChI is InChI=1S/C14H24N4O/c1-9(2)11-5-4-7-18(8-6-11)14(19)12-10(3)16-17-13(12)15/h9,11H,4-8H2,1-3H3,(H3,15,16,17). The van der Waals surface area contributed by atoms with E-state index < -0.39 is 0 Å². The first-order chi connectivity index (χ1) is 9.00. The molecule has 5 heteroatoms. The fourth-order valence-corrected chi connectivity index (χ4v) is 2.87. The number of rotatable bonds is 2. The van der Waals surface area contributed by atoms with Crippen molar-refractivity contribution in [2.45, 2.75) is 40.0 Å². The first-order valence-corrected chi connectivity index (χ1v) is 7.10. The van der Waals surface area contributed by atoms with Crippen LogP contribution in [0.25, 0.3) is 0 Å². The van der Waals surface area contributed by atoms with E-state index in [1.165, 1.54) is 6.42 Å². The molecule has 1 aliphatic rings. The number of aromatic amines is 1. The molecule has 1 atom stereocenters. The predicted octanol–water partition coefficient (Wildman–Crippen LogP) is 2.20. The minimum Gasteiger partial charge on any atom is -0.382 e. The van der Waals surface area contributed by atoms with Crippen molar-refractivity contribution in [3.8, 4) is 0 Å². The second kappa shape index (κ2) is 5.63. The van der Waals surface area contributed by atoms with Gasteiger partial charge in [0, 0.05) is 18.8 Å². The quantitative estimate of drug-likeness (QED) is 0.860. The molecule has 0 saturated carbocycles. The van der Waals surface area contributed by atoms with Crippen molar-refractivity contribution in [1.29, 1.82) is 0 Å². The normalized spacial score (nSPS) is 20.6. The highest BCUT2D eigenvalue weighted by atomic mass is 16.2. The Labute approximate surface area is 114 Å². The number of likely N-dealkylation sites (tertiary alicyclic amines) is 1. The number of aromatic nitrogens is 2. The van der Waals surface area contributed by atoms with Crippen molar-refractivity contribution in [2.75, 3.05) is 18.8 Å². The van der Waals surface area contributed by atoms with E-state index in [0.29, 0.717) is 17.3 Å². The van der Waals surface area contributed by atoms with Crippen LogP contribution in [0.15, 0.2) is 0 Å². The van der Waals surface area contributed by atoms with Gasteiger partial charge in [0.05, 0.1) is 0 Å². The van der Waals surface area contributed by atoms with Crippen LogP contribution in [0.1, 0.15) is 49.2 Å². The van der Waals surface area contributed by atoms with Crippen LogP contribution < -0.4 is 5.73 Å². The van der Waals surface area contributed by atoms with Gasteiger partial charge in [-0.15, -0.1) is 0 Å². The number of nitrogen functional groups attached to an aromatic ring is 1. The summed E-state index contributed by atoms with van der Waals surface area (Å²) in [6.07, 6.45) is 3.37. The van der Waals surface area contributed by atoms with Gasteiger partial charge >= 0.3 is 0 Å². The molecule has 19 heavy (non-hydrogen) atoms. The maximum Gasteiger partial charge on any atom is 0.259 e. The van der Waals surface area contributed by atoms with Gasteiger partial charge in [0.15, 0.2) is 5.82 Å². The van der Waals surface area contributed by atoms with E-state index in [1.807, 2.05) is 11.8 Å². The van der Waals surface area contributed by atoms with Crippen LogP contribution >= 0.6 is 0 Å². The van der Waals surface area contributed by atoms with Gasteiger partial charge in [0.25, 0.3) is 5.91 Å². The van der Waals surface area contributed by atoms with Crippen molar-refractivity contribution >= 4 is 11.7 Å². The monoisotopic (exact) mass is 264 g/mol. The van der Waals surface area contributed by atoms with E-state index in [2.05, 4.69) is 24.0 Å². The zero-order chi connectivity index (χ0) is 14.0. The van der Waals surface area contributed by atoms with Crippen LogP contribution in [0.4, 0.5) is 5.82 Å². The summed E-state index contributed by atoms with van der Waals surface area (Å²) in [5, 5.41) is 6.68. The highest BCUT2D eigenvalue weighted by molar-refractivity contribution is 5.99. The van der Waals surface area contributed by atoms with E-state index >= 15 is 0 Å². The second-order valence-corrected chi connectivity index (χ2v) is 5.84. The van der Waals surface area contributed by atoms with Crippen molar-refractivity contribution < 1.29 is 4.79 Å². The maximum atomic E-state index is 12.5. The number of nitrogens with zero attached hydrogens (tertiary/aromatic N) is 2. The SMILES string of the molecule is Cc1[nH]nc(N)c1C(=O)N1CCCC(C(C)C)CC1. The van der Waals surface area contributed by atoms with Gasteiger partial charge in [-0.05, 0) is 38.0 Å². The van der Waals surface area contributed by atoms with E-state index in [-0.39, 0.29) is 5.91 Å². The molecule has 1 aromatic rings. The Morgan fingerprint density at radius 2 is 2.16 bits per heavy atom. The van der Waals surface area contributed by atoms with Crippen molar-refractivity contribution in [3.05, 3.63) is 11.3 Å². The summed E-state index contributed by atoms with van der Waals surface area (Å²) >= 11 is 0. The highest BCUT2D eigenvalue weighted by Crippen LogP contribution is 2.26. The molecule has 1 aromatic heterocycles. The molecule has 2 rings (SSSR count). The van der Waals surface area contributed by atoms with E-state index in [9.17, 15) is 4.79 Å². The molecule has 0 spiro atoms. The largest absolute Gasteiger partial charge is 0.382 e. The molecule has 1 aliphatic heterocycles. The lowest BCUT2D eigenvalue weighted by Crippen LogP contribution is -2.32. The average molecular weight is 264 g/mol. The van der Waals surface area contributed by atoms with E-state index in [4.69, 9.17) is 5.73 Å². The van der Waals surface area contributed by atoms with Gasteiger partial charge in [-0.2, -0.15) is 5.10 Å². The van der Waals surface area contributed by atoms with Crippen molar-refractivity contribution in [2.24, 2.45) is 11.8 Å². The minimum absolute atomic E-state index is 0.0214. The number of aryl methyl sites for hydroxylation is 1. The van der Waals surface area contributed by atoms with Crippen LogP contribution in [0.5, 0.6) is 0 Å². The molecule has 3 N–H and O–H groups in total. The highest BCUT2D eigenvalue weighted by Gasteiger charge is 2.26. The Morgan fingerprint density at radius 1 is 1.42 bits per heavy atom. The Balaban J connectivity index is 2.08. The Hall–Kier alpha value is -1.52. The fraction of sp³-hybridized carbons (Fsp3) is 0.714. The van der Waals surface area contributed by atoms with Gasteiger partial charge in [0.2, 0.25) is 0 Å². The number of H-pyrrole nitrogens is 1. The van der Waals surface area contributed by atoms with E-state index in [0.717, 1.165) is 37.5 Å². The number of nitrogens with two attached hydrogens (primary N) is 1. The molecule has 0 bridgehead atoms. The molecule has 0 radical (unpaired) electrons. The molecule has 0 aliphatic carbocycles. The van der Waals surface area contributed by atoms with Crippen LogP contribution in [-0.4, -0.2) is 34.1 Å². The summed E-state index contributed by atoms with van der Waals surface area (Å²) in [5.74, 6) is 1.75. The summed E-state index contributed by atoms with van der Waals surface area (Å²) in [4.78, 5) is 14.4. The first kappa shape index (κ1) is 13.9. The molecular weight excluding hydrogens is 240 g/mol. The first-order valence-electron chi connectivity index (χ1n) is 7.10. The van der Waals surface area contributed by atoms with Crippen LogP contribution in [0.2, 0.25) is 0 Å². The summed E-state index contributed by atoms with van der Waals surface area (Å²) in [6.45, 7) is 8.02. The van der Waals surface area contributed by atoms with Gasteiger partial charge in [-0.1, -0.05) is 13.8 Å². The Kier molecular flexibility index (Phi) is 4.12. The Bertz CT molecular complexity index is 433. The van der Waals surface area contributed by atoms with Crippen LogP contribution in [-0.2, 0) is 0 Å².